The van der Waals surface area contributed by atoms with Gasteiger partial charge < -0.3 is 0 Å². The molecule has 1 heterocycles. The highest BCUT2D eigenvalue weighted by molar-refractivity contribution is 6.39. The highest BCUT2D eigenvalue weighted by atomic mass is 16.2. The maximum atomic E-state index is 15.9. The van der Waals surface area contributed by atoms with Gasteiger partial charge in [0.25, 0.3) is 0 Å². The lowest BCUT2D eigenvalue weighted by Gasteiger charge is -2.39. The first kappa shape index (κ1) is 27.8. The summed E-state index contributed by atoms with van der Waals surface area (Å²) in [6.07, 6.45) is 0. The van der Waals surface area contributed by atoms with Crippen LogP contribution in [0.25, 0.3) is 11.1 Å². The van der Waals surface area contributed by atoms with Crippen LogP contribution in [-0.2, 0) is 25.2 Å². The molecule has 1 saturated carbocycles. The summed E-state index contributed by atoms with van der Waals surface area (Å²) in [6, 6.07) is 45.1. The van der Waals surface area contributed by atoms with Crippen LogP contribution in [0.5, 0.6) is 0 Å². The number of fused-ring (bicyclic) bond motifs is 5. The van der Waals surface area contributed by atoms with E-state index in [1.54, 1.807) is 24.3 Å². The molecule has 0 spiro atoms. The SMILES string of the molecule is CC(=O)c1cccc(N2C(=O)[C@H]3[C@H](C2=O)[C@@]2(c4ccccc4)C(=O)[C@@]3(c3ccccc3)C(c3ccccc3)=C2c2ccccc2)c1. The summed E-state index contributed by atoms with van der Waals surface area (Å²) in [7, 11) is 0. The van der Waals surface area contributed by atoms with Crippen LogP contribution in [0.3, 0.4) is 0 Å². The summed E-state index contributed by atoms with van der Waals surface area (Å²) in [4.78, 5) is 59.5. The second-order valence-electron chi connectivity index (χ2n) is 12.2. The highest BCUT2D eigenvalue weighted by Gasteiger charge is 2.82. The Bertz CT molecular complexity index is 1970. The fraction of sp³-hybridized carbons (Fsp3) is 0.122. The topological polar surface area (TPSA) is 71.5 Å². The van der Waals surface area contributed by atoms with Crippen molar-refractivity contribution in [3.8, 4) is 0 Å². The van der Waals surface area contributed by atoms with Crippen molar-refractivity contribution in [1.29, 1.82) is 0 Å². The molecule has 5 aromatic rings. The molecule has 46 heavy (non-hydrogen) atoms. The molecule has 0 unspecified atom stereocenters. The third kappa shape index (κ3) is 3.45. The van der Waals surface area contributed by atoms with Gasteiger partial charge in [0.05, 0.1) is 28.4 Å². The zero-order chi connectivity index (χ0) is 31.6. The van der Waals surface area contributed by atoms with Crippen molar-refractivity contribution < 1.29 is 19.2 Å². The number of rotatable bonds is 6. The average molecular weight is 600 g/mol. The molecule has 5 heteroatoms. The molecule has 0 radical (unpaired) electrons. The molecule has 0 N–H and O–H groups in total. The summed E-state index contributed by atoms with van der Waals surface area (Å²) in [5.41, 5.74) is 2.32. The number of anilines is 1. The Kier molecular flexibility index (Phi) is 6.16. The molecule has 0 aromatic heterocycles. The maximum Gasteiger partial charge on any atom is 0.239 e. The summed E-state index contributed by atoms with van der Waals surface area (Å²) in [5, 5.41) is 0. The molecule has 222 valence electrons. The predicted molar refractivity (Wildman–Crippen MR) is 177 cm³/mol. The van der Waals surface area contributed by atoms with Crippen molar-refractivity contribution in [2.24, 2.45) is 11.8 Å². The van der Waals surface area contributed by atoms with Crippen molar-refractivity contribution in [2.45, 2.75) is 17.8 Å². The van der Waals surface area contributed by atoms with Crippen LogP contribution < -0.4 is 4.90 Å². The van der Waals surface area contributed by atoms with E-state index in [0.29, 0.717) is 22.4 Å². The Morgan fingerprint density at radius 2 is 0.957 bits per heavy atom. The Balaban J connectivity index is 1.53. The fourth-order valence-corrected chi connectivity index (χ4v) is 8.45. The van der Waals surface area contributed by atoms with Crippen molar-refractivity contribution in [3.05, 3.63) is 173 Å². The fourth-order valence-electron chi connectivity index (χ4n) is 8.45. The van der Waals surface area contributed by atoms with Gasteiger partial charge in [-0.1, -0.05) is 133 Å². The average Bonchev–Trinajstić information content (AvgIpc) is 3.62. The summed E-state index contributed by atoms with van der Waals surface area (Å²) >= 11 is 0. The van der Waals surface area contributed by atoms with Gasteiger partial charge in [0, 0.05) is 5.56 Å². The Hall–Kier alpha value is -5.68. The first-order chi connectivity index (χ1) is 22.4. The van der Waals surface area contributed by atoms with Gasteiger partial charge in [0.15, 0.2) is 11.6 Å². The van der Waals surface area contributed by atoms with Crippen LogP contribution in [0, 0.1) is 11.8 Å². The number of carbonyl (C=O) groups excluding carboxylic acids is 4. The third-order valence-corrected chi connectivity index (χ3v) is 10.1. The molecule has 8 rings (SSSR count). The predicted octanol–water partition coefficient (Wildman–Crippen LogP) is 7.08. The van der Waals surface area contributed by atoms with Gasteiger partial charge in [-0.25, -0.2) is 4.90 Å². The van der Waals surface area contributed by atoms with E-state index >= 15 is 14.4 Å². The minimum absolute atomic E-state index is 0.163. The number of amides is 2. The third-order valence-electron chi connectivity index (χ3n) is 10.1. The van der Waals surface area contributed by atoms with E-state index in [1.807, 2.05) is 121 Å². The standard InChI is InChI=1S/C41H29NO4/c1-26(43)29-19-14-24-32(25-29)42-37(44)35-36(38(42)45)41(31-22-12-5-13-23-31)34(28-17-8-3-9-18-28)33(27-15-6-2-7-16-27)40(35,39(41)46)30-20-10-4-11-21-30/h2-25,35-36H,1H3/t35-,36-,40+,41+/m1/s1. The number of Topliss-reactive ketones (excluding diaryl/α,β-unsaturated/α-hetero) is 2. The van der Waals surface area contributed by atoms with Crippen molar-refractivity contribution >= 4 is 40.2 Å². The number of carbonyl (C=O) groups is 4. The quantitative estimate of drug-likeness (QED) is 0.155. The van der Waals surface area contributed by atoms with E-state index in [2.05, 4.69) is 0 Å². The smallest absolute Gasteiger partial charge is 0.239 e. The second kappa shape index (κ2) is 10.2. The molecule has 1 saturated heterocycles. The molecule has 2 fully saturated rings. The van der Waals surface area contributed by atoms with Crippen LogP contribution in [0.2, 0.25) is 0 Å². The maximum absolute atomic E-state index is 15.9. The van der Waals surface area contributed by atoms with Gasteiger partial charge in [-0.2, -0.15) is 0 Å². The Morgan fingerprint density at radius 3 is 1.37 bits per heavy atom. The number of ketones is 2. The van der Waals surface area contributed by atoms with Crippen molar-refractivity contribution in [1.82, 2.24) is 0 Å². The van der Waals surface area contributed by atoms with Crippen LogP contribution in [0.15, 0.2) is 146 Å². The lowest BCUT2D eigenvalue weighted by Crippen LogP contribution is -2.45. The molecule has 2 bridgehead atoms. The van der Waals surface area contributed by atoms with Gasteiger partial charge in [-0.05, 0) is 52.5 Å². The number of imide groups is 1. The number of nitrogens with zero attached hydrogens (tertiary/aromatic N) is 1. The highest BCUT2D eigenvalue weighted by Crippen LogP contribution is 2.74. The second-order valence-corrected chi connectivity index (χ2v) is 12.2. The number of hydrogen-bond acceptors (Lipinski definition) is 4. The lowest BCUT2D eigenvalue weighted by molar-refractivity contribution is -0.130. The first-order valence-corrected chi connectivity index (χ1v) is 15.4. The van der Waals surface area contributed by atoms with E-state index in [0.717, 1.165) is 22.3 Å². The van der Waals surface area contributed by atoms with Gasteiger partial charge in [0.2, 0.25) is 11.8 Å². The molecule has 3 aliphatic rings. The molecule has 5 nitrogen and oxygen atoms in total. The molecular weight excluding hydrogens is 570 g/mol. The number of hydrogen-bond donors (Lipinski definition) is 0. The van der Waals surface area contributed by atoms with Crippen LogP contribution in [0.1, 0.15) is 39.5 Å². The number of allylic oxidation sites excluding steroid dienone is 2. The molecule has 2 amide bonds. The molecule has 2 aliphatic carbocycles. The summed E-state index contributed by atoms with van der Waals surface area (Å²) in [5.74, 6) is -3.24. The minimum atomic E-state index is -1.46. The van der Waals surface area contributed by atoms with Crippen LogP contribution >= 0.6 is 0 Å². The minimum Gasteiger partial charge on any atom is -0.297 e. The summed E-state index contributed by atoms with van der Waals surface area (Å²) < 4.78 is 0. The molecule has 4 atom stereocenters. The van der Waals surface area contributed by atoms with Crippen LogP contribution in [-0.4, -0.2) is 23.4 Å². The van der Waals surface area contributed by atoms with Gasteiger partial charge >= 0.3 is 0 Å². The van der Waals surface area contributed by atoms with Crippen molar-refractivity contribution in [2.75, 3.05) is 4.90 Å². The van der Waals surface area contributed by atoms with Gasteiger partial charge in [0.1, 0.15) is 0 Å². The number of benzene rings is 5. The van der Waals surface area contributed by atoms with Crippen LogP contribution in [0.4, 0.5) is 5.69 Å². The normalized spacial score (nSPS) is 24.9. The monoisotopic (exact) mass is 599 g/mol. The van der Waals surface area contributed by atoms with E-state index in [9.17, 15) is 4.79 Å². The Labute approximate surface area is 266 Å². The first-order valence-electron chi connectivity index (χ1n) is 15.4. The Morgan fingerprint density at radius 1 is 0.543 bits per heavy atom. The summed E-state index contributed by atoms with van der Waals surface area (Å²) in [6.45, 7) is 1.46. The van der Waals surface area contributed by atoms with E-state index in [4.69, 9.17) is 0 Å². The molecule has 5 aromatic carbocycles. The van der Waals surface area contributed by atoms with E-state index in [1.165, 1.54) is 11.8 Å². The zero-order valence-electron chi connectivity index (χ0n) is 25.1. The molecular formula is C41H29NO4. The van der Waals surface area contributed by atoms with Crippen molar-refractivity contribution in [3.63, 3.8) is 0 Å². The molecule has 1 aliphatic heterocycles. The van der Waals surface area contributed by atoms with Gasteiger partial charge in [-0.3, -0.25) is 19.2 Å². The van der Waals surface area contributed by atoms with Gasteiger partial charge in [-0.15, -0.1) is 0 Å². The lowest BCUT2D eigenvalue weighted by atomic mass is 9.59. The van der Waals surface area contributed by atoms with E-state index < -0.39 is 34.5 Å². The largest absolute Gasteiger partial charge is 0.297 e. The van der Waals surface area contributed by atoms with E-state index in [-0.39, 0.29) is 11.6 Å². The zero-order valence-corrected chi connectivity index (χ0v) is 25.1.